The number of rotatable bonds is 8. The van der Waals surface area contributed by atoms with E-state index in [2.05, 4.69) is 6.58 Å². The van der Waals surface area contributed by atoms with Gasteiger partial charge in [-0.15, -0.1) is 0 Å². The van der Waals surface area contributed by atoms with Crippen LogP contribution in [0.5, 0.6) is 0 Å². The SMILES string of the molecule is C=Cc1ccc(COCC(C)C(=O)OCCO)cc1. The van der Waals surface area contributed by atoms with Gasteiger partial charge in [-0.3, -0.25) is 4.79 Å². The minimum Gasteiger partial charge on any atom is -0.463 e. The molecule has 104 valence electrons. The lowest BCUT2D eigenvalue weighted by molar-refractivity contribution is -0.151. The van der Waals surface area contributed by atoms with E-state index in [1.54, 1.807) is 13.0 Å². The Morgan fingerprint density at radius 1 is 1.42 bits per heavy atom. The summed E-state index contributed by atoms with van der Waals surface area (Å²) in [6, 6.07) is 7.85. The molecule has 1 atom stereocenters. The first-order valence-electron chi connectivity index (χ1n) is 6.24. The molecule has 19 heavy (non-hydrogen) atoms. The Morgan fingerprint density at radius 3 is 2.68 bits per heavy atom. The Kier molecular flexibility index (Phi) is 6.85. The van der Waals surface area contributed by atoms with Crippen molar-refractivity contribution in [2.75, 3.05) is 19.8 Å². The summed E-state index contributed by atoms with van der Waals surface area (Å²) in [4.78, 5) is 11.4. The number of hydrogen-bond donors (Lipinski definition) is 1. The average Bonchev–Trinajstić information content (AvgIpc) is 2.45. The number of carbonyl (C=O) groups excluding carboxylic acids is 1. The van der Waals surface area contributed by atoms with Crippen LogP contribution in [0.4, 0.5) is 0 Å². The van der Waals surface area contributed by atoms with Crippen molar-refractivity contribution in [3.8, 4) is 0 Å². The van der Waals surface area contributed by atoms with Gasteiger partial charge in [-0.2, -0.15) is 0 Å². The maximum atomic E-state index is 11.4. The van der Waals surface area contributed by atoms with Crippen molar-refractivity contribution in [1.29, 1.82) is 0 Å². The van der Waals surface area contributed by atoms with Gasteiger partial charge in [0.2, 0.25) is 0 Å². The van der Waals surface area contributed by atoms with E-state index in [-0.39, 0.29) is 25.1 Å². The second kappa shape index (κ2) is 8.45. The Morgan fingerprint density at radius 2 is 2.11 bits per heavy atom. The van der Waals surface area contributed by atoms with Gasteiger partial charge in [0.25, 0.3) is 0 Å². The van der Waals surface area contributed by atoms with Crippen LogP contribution in [0.2, 0.25) is 0 Å². The zero-order valence-electron chi connectivity index (χ0n) is 11.2. The van der Waals surface area contributed by atoms with Crippen LogP contribution in [-0.4, -0.2) is 30.9 Å². The molecule has 0 aliphatic carbocycles. The highest BCUT2D eigenvalue weighted by atomic mass is 16.5. The maximum absolute atomic E-state index is 11.4. The van der Waals surface area contributed by atoms with Crippen LogP contribution in [0.3, 0.4) is 0 Å². The summed E-state index contributed by atoms with van der Waals surface area (Å²) in [6.07, 6.45) is 1.78. The fourth-order valence-corrected chi connectivity index (χ4v) is 1.46. The Balaban J connectivity index is 2.28. The third kappa shape index (κ3) is 5.68. The Labute approximate surface area is 113 Å². The second-order valence-corrected chi connectivity index (χ2v) is 4.25. The summed E-state index contributed by atoms with van der Waals surface area (Å²) in [5, 5.41) is 8.55. The molecule has 0 saturated carbocycles. The third-order valence-electron chi connectivity index (χ3n) is 2.59. The number of aliphatic hydroxyl groups excluding tert-OH is 1. The molecule has 0 amide bonds. The molecule has 1 aromatic carbocycles. The van der Waals surface area contributed by atoms with Gasteiger partial charge < -0.3 is 14.6 Å². The number of esters is 1. The molecule has 0 heterocycles. The molecule has 1 unspecified atom stereocenters. The van der Waals surface area contributed by atoms with Crippen molar-refractivity contribution in [3.05, 3.63) is 42.0 Å². The van der Waals surface area contributed by atoms with Crippen molar-refractivity contribution < 1.29 is 19.4 Å². The first kappa shape index (κ1) is 15.4. The first-order chi connectivity index (χ1) is 9.17. The van der Waals surface area contributed by atoms with Crippen molar-refractivity contribution in [2.45, 2.75) is 13.5 Å². The van der Waals surface area contributed by atoms with Crippen LogP contribution < -0.4 is 0 Å². The van der Waals surface area contributed by atoms with Crippen molar-refractivity contribution >= 4 is 12.0 Å². The summed E-state index contributed by atoms with van der Waals surface area (Å²) in [7, 11) is 0. The van der Waals surface area contributed by atoms with Crippen LogP contribution in [-0.2, 0) is 20.9 Å². The second-order valence-electron chi connectivity index (χ2n) is 4.25. The molecule has 1 N–H and O–H groups in total. The predicted molar refractivity (Wildman–Crippen MR) is 73.4 cm³/mol. The summed E-state index contributed by atoms with van der Waals surface area (Å²) >= 11 is 0. The highest BCUT2D eigenvalue weighted by Gasteiger charge is 2.14. The van der Waals surface area contributed by atoms with Gasteiger partial charge in [-0.05, 0) is 18.1 Å². The van der Waals surface area contributed by atoms with E-state index in [1.807, 2.05) is 24.3 Å². The van der Waals surface area contributed by atoms with E-state index >= 15 is 0 Å². The van der Waals surface area contributed by atoms with Gasteiger partial charge in [0, 0.05) is 0 Å². The summed E-state index contributed by atoms with van der Waals surface area (Å²) in [5.41, 5.74) is 2.10. The van der Waals surface area contributed by atoms with Crippen LogP contribution in [0.15, 0.2) is 30.8 Å². The largest absolute Gasteiger partial charge is 0.463 e. The van der Waals surface area contributed by atoms with E-state index in [0.29, 0.717) is 13.2 Å². The third-order valence-corrected chi connectivity index (χ3v) is 2.59. The van der Waals surface area contributed by atoms with E-state index in [0.717, 1.165) is 11.1 Å². The molecule has 1 aromatic rings. The monoisotopic (exact) mass is 264 g/mol. The lowest BCUT2D eigenvalue weighted by atomic mass is 10.1. The highest BCUT2D eigenvalue weighted by Crippen LogP contribution is 2.08. The molecule has 0 aromatic heterocycles. The molecule has 4 nitrogen and oxygen atoms in total. The Hall–Kier alpha value is -1.65. The van der Waals surface area contributed by atoms with Crippen molar-refractivity contribution in [2.24, 2.45) is 5.92 Å². The first-order valence-corrected chi connectivity index (χ1v) is 6.24. The van der Waals surface area contributed by atoms with Gasteiger partial charge in [0.05, 0.1) is 25.7 Å². The normalized spacial score (nSPS) is 11.9. The standard InChI is InChI=1S/C15H20O4/c1-3-13-4-6-14(7-5-13)11-18-10-12(2)15(17)19-9-8-16/h3-7,12,16H,1,8-11H2,2H3. The van der Waals surface area contributed by atoms with Crippen molar-refractivity contribution in [3.63, 3.8) is 0 Å². The highest BCUT2D eigenvalue weighted by molar-refractivity contribution is 5.72. The predicted octanol–water partition coefficient (Wildman–Crippen LogP) is 2.02. The van der Waals surface area contributed by atoms with E-state index in [9.17, 15) is 4.79 Å². The molecule has 0 spiro atoms. The smallest absolute Gasteiger partial charge is 0.311 e. The molecule has 4 heteroatoms. The maximum Gasteiger partial charge on any atom is 0.311 e. The number of ether oxygens (including phenoxy) is 2. The van der Waals surface area contributed by atoms with Gasteiger partial charge in [-0.25, -0.2) is 0 Å². The number of carbonyl (C=O) groups is 1. The lowest BCUT2D eigenvalue weighted by Crippen LogP contribution is -2.21. The summed E-state index contributed by atoms with van der Waals surface area (Å²) in [5.74, 6) is -0.685. The molecule has 0 aliphatic rings. The van der Waals surface area contributed by atoms with E-state index in [1.165, 1.54) is 0 Å². The number of benzene rings is 1. The minimum atomic E-state index is -0.351. The number of hydrogen-bond acceptors (Lipinski definition) is 4. The molecule has 0 aliphatic heterocycles. The van der Waals surface area contributed by atoms with Crippen LogP contribution in [0, 0.1) is 5.92 Å². The topological polar surface area (TPSA) is 55.8 Å². The van der Waals surface area contributed by atoms with Gasteiger partial charge in [0.1, 0.15) is 6.61 Å². The number of aliphatic hydroxyl groups is 1. The summed E-state index contributed by atoms with van der Waals surface area (Å²) < 4.78 is 10.3. The lowest BCUT2D eigenvalue weighted by Gasteiger charge is -2.11. The molecule has 0 radical (unpaired) electrons. The van der Waals surface area contributed by atoms with Gasteiger partial charge in [-0.1, -0.05) is 36.9 Å². The van der Waals surface area contributed by atoms with E-state index in [4.69, 9.17) is 14.6 Å². The van der Waals surface area contributed by atoms with Crippen LogP contribution in [0.25, 0.3) is 6.08 Å². The fraction of sp³-hybridized carbons (Fsp3) is 0.400. The quantitative estimate of drug-likeness (QED) is 0.730. The zero-order valence-corrected chi connectivity index (χ0v) is 11.2. The molecule has 0 fully saturated rings. The average molecular weight is 264 g/mol. The van der Waals surface area contributed by atoms with Crippen molar-refractivity contribution in [1.82, 2.24) is 0 Å². The zero-order chi connectivity index (χ0) is 14.1. The molecular formula is C15H20O4. The minimum absolute atomic E-state index is 0.0339. The molecule has 0 bridgehead atoms. The molecule has 1 rings (SSSR count). The summed E-state index contributed by atoms with van der Waals surface area (Å²) in [6.45, 7) is 6.05. The fourth-order valence-electron chi connectivity index (χ4n) is 1.46. The molecular weight excluding hydrogens is 244 g/mol. The van der Waals surface area contributed by atoms with Gasteiger partial charge in [0.15, 0.2) is 0 Å². The van der Waals surface area contributed by atoms with Gasteiger partial charge >= 0.3 is 5.97 Å². The van der Waals surface area contributed by atoms with Crippen LogP contribution in [0.1, 0.15) is 18.1 Å². The molecule has 0 saturated heterocycles. The Bertz CT molecular complexity index is 397. The van der Waals surface area contributed by atoms with E-state index < -0.39 is 0 Å². The van der Waals surface area contributed by atoms with Crippen LogP contribution >= 0.6 is 0 Å².